The van der Waals surface area contributed by atoms with Crippen molar-refractivity contribution in [2.45, 2.75) is 26.9 Å². The fourth-order valence-corrected chi connectivity index (χ4v) is 4.46. The van der Waals surface area contributed by atoms with Gasteiger partial charge in [-0.2, -0.15) is 4.31 Å². The molecule has 1 aromatic heterocycles. The van der Waals surface area contributed by atoms with Crippen LogP contribution in [0.4, 0.5) is 5.95 Å². The van der Waals surface area contributed by atoms with Crippen molar-refractivity contribution in [1.29, 1.82) is 0 Å². The van der Waals surface area contributed by atoms with E-state index in [9.17, 15) is 8.42 Å². The van der Waals surface area contributed by atoms with E-state index in [1.807, 2.05) is 13.8 Å². The van der Waals surface area contributed by atoms with Gasteiger partial charge in [-0.15, -0.1) is 0 Å². The molecule has 122 valence electrons. The van der Waals surface area contributed by atoms with E-state index in [4.69, 9.17) is 4.74 Å². The van der Waals surface area contributed by atoms with Gasteiger partial charge in [-0.1, -0.05) is 13.8 Å². The average molecular weight is 326 g/mol. The molecule has 0 aromatic carbocycles. The molecule has 0 bridgehead atoms. The number of hydrogen-bond acceptors (Lipinski definition) is 6. The van der Waals surface area contributed by atoms with Crippen molar-refractivity contribution < 1.29 is 13.2 Å². The summed E-state index contributed by atoms with van der Waals surface area (Å²) in [6.07, 6.45) is 1.76. The van der Waals surface area contributed by atoms with Crippen LogP contribution in [-0.2, 0) is 27.8 Å². The third-order valence-electron chi connectivity index (χ3n) is 3.85. The predicted octanol–water partition coefficient (Wildman–Crippen LogP) is 0.615. The molecular formula is C14H22N4O3S. The molecule has 2 aliphatic heterocycles. The van der Waals surface area contributed by atoms with Crippen molar-refractivity contribution in [2.24, 2.45) is 5.92 Å². The smallest absolute Gasteiger partial charge is 0.225 e. The van der Waals surface area contributed by atoms with Gasteiger partial charge in [0.05, 0.1) is 31.2 Å². The van der Waals surface area contributed by atoms with E-state index in [1.54, 1.807) is 6.20 Å². The molecule has 1 saturated heterocycles. The van der Waals surface area contributed by atoms with Crippen LogP contribution in [0.1, 0.15) is 25.1 Å². The number of aromatic nitrogens is 2. The number of nitrogens with zero attached hydrogens (tertiary/aromatic N) is 4. The van der Waals surface area contributed by atoms with Crippen molar-refractivity contribution in [3.63, 3.8) is 0 Å². The molecule has 2 aliphatic rings. The molecule has 0 aliphatic carbocycles. The van der Waals surface area contributed by atoms with Gasteiger partial charge in [-0.3, -0.25) is 0 Å². The molecule has 0 unspecified atom stereocenters. The van der Waals surface area contributed by atoms with Crippen LogP contribution in [0.3, 0.4) is 0 Å². The lowest BCUT2D eigenvalue weighted by Crippen LogP contribution is -2.37. The van der Waals surface area contributed by atoms with E-state index >= 15 is 0 Å². The maximum atomic E-state index is 12.3. The van der Waals surface area contributed by atoms with Crippen molar-refractivity contribution in [1.82, 2.24) is 14.3 Å². The first-order chi connectivity index (χ1) is 10.5. The van der Waals surface area contributed by atoms with E-state index in [2.05, 4.69) is 14.9 Å². The van der Waals surface area contributed by atoms with Crippen molar-refractivity contribution in [3.05, 3.63) is 17.5 Å². The van der Waals surface area contributed by atoms with Gasteiger partial charge >= 0.3 is 0 Å². The zero-order valence-corrected chi connectivity index (χ0v) is 13.8. The van der Waals surface area contributed by atoms with Gasteiger partial charge in [0.2, 0.25) is 16.0 Å². The summed E-state index contributed by atoms with van der Waals surface area (Å²) in [6.45, 7) is 7.46. The lowest BCUT2D eigenvalue weighted by atomic mass is 10.3. The van der Waals surface area contributed by atoms with Crippen LogP contribution in [0.2, 0.25) is 0 Å². The summed E-state index contributed by atoms with van der Waals surface area (Å²) in [5.74, 6) is 0.957. The molecule has 0 radical (unpaired) electrons. The fourth-order valence-electron chi connectivity index (χ4n) is 2.75. The highest BCUT2D eigenvalue weighted by Crippen LogP contribution is 2.26. The van der Waals surface area contributed by atoms with Crippen molar-refractivity contribution in [2.75, 3.05) is 37.0 Å². The van der Waals surface area contributed by atoms with Gasteiger partial charge in [0.1, 0.15) is 0 Å². The molecule has 3 rings (SSSR count). The molecule has 1 aromatic rings. The Labute approximate surface area is 131 Å². The zero-order valence-electron chi connectivity index (χ0n) is 13.0. The first kappa shape index (κ1) is 15.6. The maximum Gasteiger partial charge on any atom is 0.225 e. The van der Waals surface area contributed by atoms with Gasteiger partial charge in [0.25, 0.3) is 0 Å². The van der Waals surface area contributed by atoms with Gasteiger partial charge < -0.3 is 9.64 Å². The summed E-state index contributed by atoms with van der Waals surface area (Å²) in [5, 5.41) is 0. The fraction of sp³-hybridized carbons (Fsp3) is 0.714. The van der Waals surface area contributed by atoms with Crippen molar-refractivity contribution >= 4 is 16.0 Å². The molecule has 0 amide bonds. The Balaban J connectivity index is 1.76. The number of rotatable bonds is 4. The SMILES string of the molecule is CC(C)CS(=O)(=O)N1Cc2cnc(N3CCOCC3)nc2C1. The number of fused-ring (bicyclic) bond motifs is 1. The highest BCUT2D eigenvalue weighted by atomic mass is 32.2. The highest BCUT2D eigenvalue weighted by Gasteiger charge is 2.31. The van der Waals surface area contributed by atoms with Crippen LogP contribution in [0.25, 0.3) is 0 Å². The second-order valence-corrected chi connectivity index (χ2v) is 8.20. The number of ether oxygens (including phenoxy) is 1. The summed E-state index contributed by atoms with van der Waals surface area (Å²) < 4.78 is 31.5. The topological polar surface area (TPSA) is 75.6 Å². The number of hydrogen-bond donors (Lipinski definition) is 0. The maximum absolute atomic E-state index is 12.3. The Kier molecular flexibility index (Phi) is 4.33. The van der Waals surface area contributed by atoms with E-state index < -0.39 is 10.0 Å². The quantitative estimate of drug-likeness (QED) is 0.807. The lowest BCUT2D eigenvalue weighted by Gasteiger charge is -2.26. The third kappa shape index (κ3) is 3.23. The number of morpholine rings is 1. The summed E-state index contributed by atoms with van der Waals surface area (Å²) in [6, 6.07) is 0. The number of anilines is 1. The summed E-state index contributed by atoms with van der Waals surface area (Å²) in [5.41, 5.74) is 1.73. The van der Waals surface area contributed by atoms with Gasteiger partial charge in [0, 0.05) is 31.4 Å². The van der Waals surface area contributed by atoms with Crippen LogP contribution in [-0.4, -0.2) is 54.7 Å². The van der Waals surface area contributed by atoms with Crippen LogP contribution >= 0.6 is 0 Å². The Morgan fingerprint density at radius 2 is 2.00 bits per heavy atom. The second-order valence-electron chi connectivity index (χ2n) is 6.18. The van der Waals surface area contributed by atoms with Crippen LogP contribution in [0.15, 0.2) is 6.20 Å². The van der Waals surface area contributed by atoms with Crippen LogP contribution < -0.4 is 4.90 Å². The molecule has 0 spiro atoms. The molecule has 8 heteroatoms. The summed E-state index contributed by atoms with van der Waals surface area (Å²) in [4.78, 5) is 11.0. The minimum absolute atomic E-state index is 0.115. The van der Waals surface area contributed by atoms with E-state index in [-0.39, 0.29) is 11.7 Å². The molecular weight excluding hydrogens is 304 g/mol. The molecule has 3 heterocycles. The Hall–Kier alpha value is -1.25. The largest absolute Gasteiger partial charge is 0.378 e. The molecule has 22 heavy (non-hydrogen) atoms. The minimum atomic E-state index is -3.23. The Morgan fingerprint density at radius 3 is 2.68 bits per heavy atom. The first-order valence-corrected chi connectivity index (χ1v) is 9.22. The molecule has 1 fully saturated rings. The summed E-state index contributed by atoms with van der Waals surface area (Å²) in [7, 11) is -3.23. The van der Waals surface area contributed by atoms with E-state index in [0.717, 1.165) is 24.3 Å². The molecule has 7 nitrogen and oxygen atoms in total. The predicted molar refractivity (Wildman–Crippen MR) is 82.9 cm³/mol. The number of sulfonamides is 1. The van der Waals surface area contributed by atoms with E-state index in [0.29, 0.717) is 32.3 Å². The zero-order chi connectivity index (χ0) is 15.7. The Morgan fingerprint density at radius 1 is 1.27 bits per heavy atom. The van der Waals surface area contributed by atoms with Gasteiger partial charge in [-0.25, -0.2) is 18.4 Å². The lowest BCUT2D eigenvalue weighted by molar-refractivity contribution is 0.122. The van der Waals surface area contributed by atoms with Crippen molar-refractivity contribution in [3.8, 4) is 0 Å². The van der Waals surface area contributed by atoms with Crippen LogP contribution in [0, 0.1) is 5.92 Å². The van der Waals surface area contributed by atoms with Crippen LogP contribution in [0.5, 0.6) is 0 Å². The molecule has 0 N–H and O–H groups in total. The second kappa shape index (κ2) is 6.10. The molecule has 0 atom stereocenters. The third-order valence-corrected chi connectivity index (χ3v) is 5.98. The Bertz CT molecular complexity index is 641. The molecule has 0 saturated carbocycles. The van der Waals surface area contributed by atoms with Gasteiger partial charge in [-0.05, 0) is 5.92 Å². The minimum Gasteiger partial charge on any atom is -0.378 e. The average Bonchev–Trinajstić information content (AvgIpc) is 2.91. The summed E-state index contributed by atoms with van der Waals surface area (Å²) >= 11 is 0. The first-order valence-electron chi connectivity index (χ1n) is 7.61. The monoisotopic (exact) mass is 326 g/mol. The van der Waals surface area contributed by atoms with E-state index in [1.165, 1.54) is 4.31 Å². The van der Waals surface area contributed by atoms with Gasteiger partial charge in [0.15, 0.2) is 0 Å². The normalized spacial score (nSPS) is 19.7. The standard InChI is InChI=1S/C14H22N4O3S/c1-11(2)10-22(19,20)18-8-12-7-15-14(16-13(12)9-18)17-3-5-21-6-4-17/h7,11H,3-6,8-10H2,1-2H3. The highest BCUT2D eigenvalue weighted by molar-refractivity contribution is 7.89.